The summed E-state index contributed by atoms with van der Waals surface area (Å²) in [6.45, 7) is 4.02. The van der Waals surface area contributed by atoms with E-state index < -0.39 is 0 Å². The number of imide groups is 1. The van der Waals surface area contributed by atoms with Gasteiger partial charge in [0.1, 0.15) is 11.4 Å². The van der Waals surface area contributed by atoms with Crippen LogP contribution in [0.4, 0.5) is 5.69 Å². The van der Waals surface area contributed by atoms with E-state index in [9.17, 15) is 9.59 Å². The Bertz CT molecular complexity index is 766. The van der Waals surface area contributed by atoms with Gasteiger partial charge in [0.05, 0.1) is 5.69 Å². The molecule has 0 saturated carbocycles. The van der Waals surface area contributed by atoms with Gasteiger partial charge in [-0.05, 0) is 64.5 Å². The molecule has 0 unspecified atom stereocenters. The zero-order valence-electron chi connectivity index (χ0n) is 13.9. The highest BCUT2D eigenvalue weighted by Crippen LogP contribution is 2.46. The highest BCUT2D eigenvalue weighted by atomic mass is 35.5. The quantitative estimate of drug-likeness (QED) is 0.717. The van der Waals surface area contributed by atoms with Crippen molar-refractivity contribution in [2.24, 2.45) is 0 Å². The number of hydrogen-bond acceptors (Lipinski definition) is 3. The summed E-state index contributed by atoms with van der Waals surface area (Å²) in [6, 6.07) is 3.49. The molecule has 1 aliphatic carbocycles. The van der Waals surface area contributed by atoms with Gasteiger partial charge in [0.2, 0.25) is 0 Å². The van der Waals surface area contributed by atoms with Gasteiger partial charge in [0.25, 0.3) is 11.8 Å². The Labute approximate surface area is 146 Å². The Hall–Kier alpha value is -1.81. The van der Waals surface area contributed by atoms with E-state index in [1.165, 1.54) is 4.90 Å². The number of amides is 2. The summed E-state index contributed by atoms with van der Waals surface area (Å²) in [7, 11) is 0. The molecule has 2 heterocycles. The Balaban J connectivity index is 1.81. The second-order valence-electron chi connectivity index (χ2n) is 7.35. The van der Waals surface area contributed by atoms with Crippen molar-refractivity contribution in [3.63, 3.8) is 0 Å². The van der Waals surface area contributed by atoms with Gasteiger partial charge in [-0.2, -0.15) is 0 Å². The predicted molar refractivity (Wildman–Crippen MR) is 92.5 cm³/mol. The minimum absolute atomic E-state index is 0.189. The number of anilines is 1. The van der Waals surface area contributed by atoms with Crippen LogP contribution < -0.4 is 9.64 Å². The van der Waals surface area contributed by atoms with E-state index >= 15 is 0 Å². The van der Waals surface area contributed by atoms with E-state index in [1.54, 1.807) is 12.1 Å². The largest absolute Gasteiger partial charge is 0.485 e. The molecule has 4 nitrogen and oxygen atoms in total. The molecule has 0 radical (unpaired) electrons. The monoisotopic (exact) mass is 345 g/mol. The zero-order valence-corrected chi connectivity index (χ0v) is 14.7. The van der Waals surface area contributed by atoms with E-state index in [0.717, 1.165) is 31.2 Å². The standard InChI is InChI=1S/C19H20ClNO3/c1-19(2)10-9-13-14(20)7-8-15(16(13)24-19)21-17(22)11-5-3-4-6-12(11)18(21)23/h7-8H,3-6,9-10H2,1-2H3. The minimum Gasteiger partial charge on any atom is -0.485 e. The Morgan fingerprint density at radius 2 is 1.67 bits per heavy atom. The molecule has 1 aromatic rings. The average molecular weight is 346 g/mol. The number of ether oxygens (including phenoxy) is 1. The molecule has 0 bridgehead atoms. The fourth-order valence-electron chi connectivity index (χ4n) is 3.83. The van der Waals surface area contributed by atoms with E-state index in [0.29, 0.717) is 40.4 Å². The molecule has 0 saturated heterocycles. The van der Waals surface area contributed by atoms with Crippen LogP contribution in [-0.2, 0) is 16.0 Å². The lowest BCUT2D eigenvalue weighted by atomic mass is 9.93. The summed E-state index contributed by atoms with van der Waals surface area (Å²) in [5.41, 5.74) is 2.45. The average Bonchev–Trinajstić information content (AvgIpc) is 2.79. The topological polar surface area (TPSA) is 46.6 Å². The number of hydrogen-bond donors (Lipinski definition) is 0. The molecule has 0 N–H and O–H groups in total. The first-order chi connectivity index (χ1) is 11.4. The molecule has 24 heavy (non-hydrogen) atoms. The van der Waals surface area contributed by atoms with Gasteiger partial charge in [-0.25, -0.2) is 4.90 Å². The van der Waals surface area contributed by atoms with Gasteiger partial charge in [-0.15, -0.1) is 0 Å². The summed E-state index contributed by atoms with van der Waals surface area (Å²) < 4.78 is 6.14. The lowest BCUT2D eigenvalue weighted by Gasteiger charge is -2.35. The van der Waals surface area contributed by atoms with E-state index in [1.807, 2.05) is 13.8 Å². The second-order valence-corrected chi connectivity index (χ2v) is 7.75. The third-order valence-corrected chi connectivity index (χ3v) is 5.52. The van der Waals surface area contributed by atoms with Crippen LogP contribution in [0.25, 0.3) is 0 Å². The summed E-state index contributed by atoms with van der Waals surface area (Å²) >= 11 is 6.33. The predicted octanol–water partition coefficient (Wildman–Crippen LogP) is 4.19. The minimum atomic E-state index is -0.342. The maximum absolute atomic E-state index is 12.8. The fraction of sp³-hybridized carbons (Fsp3) is 0.474. The molecule has 0 atom stereocenters. The smallest absolute Gasteiger partial charge is 0.261 e. The molecule has 0 spiro atoms. The summed E-state index contributed by atoms with van der Waals surface area (Å²) in [4.78, 5) is 27.0. The summed E-state index contributed by atoms with van der Waals surface area (Å²) in [5, 5.41) is 0.626. The molecule has 5 heteroatoms. The molecular weight excluding hydrogens is 326 g/mol. The van der Waals surface area contributed by atoms with Crippen molar-refractivity contribution in [3.05, 3.63) is 33.9 Å². The second kappa shape index (κ2) is 5.35. The Kier molecular flexibility index (Phi) is 3.50. The van der Waals surface area contributed by atoms with Crippen LogP contribution in [-0.4, -0.2) is 17.4 Å². The van der Waals surface area contributed by atoms with Crippen molar-refractivity contribution in [1.82, 2.24) is 0 Å². The van der Waals surface area contributed by atoms with Crippen LogP contribution in [0.3, 0.4) is 0 Å². The van der Waals surface area contributed by atoms with E-state index in [2.05, 4.69) is 0 Å². The summed E-state index contributed by atoms with van der Waals surface area (Å²) in [6.07, 6.45) is 4.94. The van der Waals surface area contributed by atoms with Gasteiger partial charge in [0.15, 0.2) is 0 Å². The molecule has 126 valence electrons. The Morgan fingerprint density at radius 3 is 2.29 bits per heavy atom. The van der Waals surface area contributed by atoms with Gasteiger partial charge in [0, 0.05) is 21.7 Å². The fourth-order valence-corrected chi connectivity index (χ4v) is 4.07. The first kappa shape index (κ1) is 15.7. The number of carbonyl (C=O) groups excluding carboxylic acids is 2. The normalized spacial score (nSPS) is 22.4. The maximum atomic E-state index is 12.8. The maximum Gasteiger partial charge on any atom is 0.261 e. The van der Waals surface area contributed by atoms with Crippen molar-refractivity contribution < 1.29 is 14.3 Å². The summed E-state index contributed by atoms with van der Waals surface area (Å²) in [5.74, 6) is 0.206. The number of nitrogens with zero attached hydrogens (tertiary/aromatic N) is 1. The zero-order chi connectivity index (χ0) is 17.1. The third-order valence-electron chi connectivity index (χ3n) is 5.17. The van der Waals surface area contributed by atoms with Crippen molar-refractivity contribution in [1.29, 1.82) is 0 Å². The van der Waals surface area contributed by atoms with Crippen molar-refractivity contribution in [3.8, 4) is 5.75 Å². The van der Waals surface area contributed by atoms with Crippen LogP contribution in [0.2, 0.25) is 5.02 Å². The molecule has 0 fully saturated rings. The van der Waals surface area contributed by atoms with Gasteiger partial charge in [-0.3, -0.25) is 9.59 Å². The van der Waals surface area contributed by atoms with Gasteiger partial charge in [-0.1, -0.05) is 11.6 Å². The van der Waals surface area contributed by atoms with Gasteiger partial charge >= 0.3 is 0 Å². The number of fused-ring (bicyclic) bond motifs is 1. The van der Waals surface area contributed by atoms with E-state index in [4.69, 9.17) is 16.3 Å². The lowest BCUT2D eigenvalue weighted by molar-refractivity contribution is -0.120. The molecule has 0 aromatic heterocycles. The van der Waals surface area contributed by atoms with Crippen LogP contribution >= 0.6 is 11.6 Å². The van der Waals surface area contributed by atoms with Gasteiger partial charge < -0.3 is 4.74 Å². The first-order valence-corrected chi connectivity index (χ1v) is 8.88. The number of rotatable bonds is 1. The molecule has 3 aliphatic rings. The third kappa shape index (κ3) is 2.27. The van der Waals surface area contributed by atoms with Crippen molar-refractivity contribution >= 4 is 29.1 Å². The molecule has 2 aliphatic heterocycles. The van der Waals surface area contributed by atoms with Crippen molar-refractivity contribution in [2.75, 3.05) is 4.90 Å². The number of halogens is 1. The molecular formula is C19H20ClNO3. The number of benzene rings is 1. The van der Waals surface area contributed by atoms with Crippen LogP contribution in [0.1, 0.15) is 51.5 Å². The number of carbonyl (C=O) groups is 2. The Morgan fingerprint density at radius 1 is 1.04 bits per heavy atom. The van der Waals surface area contributed by atoms with E-state index in [-0.39, 0.29) is 17.4 Å². The van der Waals surface area contributed by atoms with Crippen molar-refractivity contribution in [2.45, 2.75) is 58.0 Å². The molecule has 2 amide bonds. The lowest BCUT2D eigenvalue weighted by Crippen LogP contribution is -2.36. The van der Waals surface area contributed by atoms with Crippen LogP contribution in [0, 0.1) is 0 Å². The molecule has 1 aromatic carbocycles. The SMILES string of the molecule is CC1(C)CCc2c(Cl)ccc(N3C(=O)C4=C(CCCC4)C3=O)c2O1. The highest BCUT2D eigenvalue weighted by Gasteiger charge is 2.42. The highest BCUT2D eigenvalue weighted by molar-refractivity contribution is 6.34. The van der Waals surface area contributed by atoms with Crippen LogP contribution in [0.15, 0.2) is 23.3 Å². The molecule has 4 rings (SSSR count). The van der Waals surface area contributed by atoms with Crippen LogP contribution in [0.5, 0.6) is 5.75 Å². The first-order valence-electron chi connectivity index (χ1n) is 8.50.